The second-order valence-corrected chi connectivity index (χ2v) is 6.05. The number of para-hydroxylation sites is 1. The van der Waals surface area contributed by atoms with Gasteiger partial charge in [-0.3, -0.25) is 4.57 Å². The Morgan fingerprint density at radius 3 is 2.32 bits per heavy atom. The van der Waals surface area contributed by atoms with Crippen LogP contribution in [0.1, 0.15) is 21.6 Å². The van der Waals surface area contributed by atoms with E-state index >= 15 is 0 Å². The molecule has 0 fully saturated rings. The summed E-state index contributed by atoms with van der Waals surface area (Å²) in [6.07, 6.45) is 0. The maximum atomic E-state index is 12.7. The summed E-state index contributed by atoms with van der Waals surface area (Å²) in [5.74, 6) is -0.428. The molecule has 0 unspecified atom stereocenters. The van der Waals surface area contributed by atoms with E-state index in [2.05, 4.69) is 0 Å². The molecular formula is C20H20N2O3. The van der Waals surface area contributed by atoms with E-state index in [1.165, 1.54) is 4.90 Å². The van der Waals surface area contributed by atoms with Crippen molar-refractivity contribution >= 4 is 22.9 Å². The zero-order chi connectivity index (χ0) is 18.0. The van der Waals surface area contributed by atoms with Crippen molar-refractivity contribution in [3.8, 4) is 0 Å². The molecule has 0 N–H and O–H groups in total. The number of ether oxygens (including phenoxy) is 1. The summed E-state index contributed by atoms with van der Waals surface area (Å²) in [6, 6.07) is 16.7. The zero-order valence-corrected chi connectivity index (χ0v) is 14.5. The van der Waals surface area contributed by atoms with Gasteiger partial charge in [0.05, 0.1) is 11.1 Å². The molecular weight excluding hydrogens is 316 g/mol. The van der Waals surface area contributed by atoms with Gasteiger partial charge in [0.1, 0.15) is 6.61 Å². The van der Waals surface area contributed by atoms with Gasteiger partial charge in [0.2, 0.25) is 0 Å². The SMILES string of the molecule is Cc1c(C(=O)OCc2ccccc2)c2ccccc2n1C(=O)N(C)C. The third-order valence-corrected chi connectivity index (χ3v) is 4.10. The molecule has 0 aliphatic carbocycles. The quantitative estimate of drug-likeness (QED) is 0.683. The first-order valence-corrected chi connectivity index (χ1v) is 8.03. The summed E-state index contributed by atoms with van der Waals surface area (Å²) in [7, 11) is 3.37. The van der Waals surface area contributed by atoms with Gasteiger partial charge >= 0.3 is 12.0 Å². The Bertz CT molecular complexity index is 927. The Morgan fingerprint density at radius 1 is 1.00 bits per heavy atom. The Labute approximate surface area is 146 Å². The summed E-state index contributed by atoms with van der Waals surface area (Å²) in [4.78, 5) is 26.7. The molecule has 0 spiro atoms. The monoisotopic (exact) mass is 336 g/mol. The van der Waals surface area contributed by atoms with Crippen molar-refractivity contribution in [2.24, 2.45) is 0 Å². The summed E-state index contributed by atoms with van der Waals surface area (Å²) in [6.45, 7) is 1.96. The fourth-order valence-electron chi connectivity index (χ4n) is 2.87. The first kappa shape index (κ1) is 16.8. The summed E-state index contributed by atoms with van der Waals surface area (Å²) in [5, 5.41) is 0.716. The van der Waals surface area contributed by atoms with Crippen molar-refractivity contribution in [1.29, 1.82) is 0 Å². The van der Waals surface area contributed by atoms with Gasteiger partial charge in [0, 0.05) is 25.2 Å². The van der Waals surface area contributed by atoms with E-state index in [1.54, 1.807) is 25.6 Å². The molecule has 0 saturated heterocycles. The standard InChI is InChI=1S/C20H20N2O3/c1-14-18(19(23)25-13-15-9-5-4-6-10-15)16-11-7-8-12-17(16)22(14)20(24)21(2)3/h4-12H,13H2,1-3H3. The lowest BCUT2D eigenvalue weighted by atomic mass is 10.1. The van der Waals surface area contributed by atoms with Gasteiger partial charge in [-0.05, 0) is 18.6 Å². The van der Waals surface area contributed by atoms with Crippen LogP contribution in [0, 0.1) is 6.92 Å². The Kier molecular flexibility index (Phi) is 4.57. The number of carbonyl (C=O) groups excluding carboxylic acids is 2. The average Bonchev–Trinajstić information content (AvgIpc) is 2.91. The highest BCUT2D eigenvalue weighted by Crippen LogP contribution is 2.27. The highest BCUT2D eigenvalue weighted by atomic mass is 16.5. The minimum atomic E-state index is -0.428. The van der Waals surface area contributed by atoms with E-state index < -0.39 is 5.97 Å². The number of carbonyl (C=O) groups is 2. The van der Waals surface area contributed by atoms with Gasteiger partial charge in [0.25, 0.3) is 0 Å². The van der Waals surface area contributed by atoms with Gasteiger partial charge in [0.15, 0.2) is 0 Å². The third kappa shape index (κ3) is 3.13. The van der Waals surface area contributed by atoms with E-state index in [0.29, 0.717) is 22.2 Å². The van der Waals surface area contributed by atoms with Gasteiger partial charge < -0.3 is 9.64 Å². The largest absolute Gasteiger partial charge is 0.457 e. The molecule has 1 heterocycles. The van der Waals surface area contributed by atoms with Crippen LogP contribution in [0.5, 0.6) is 0 Å². The Hall–Kier alpha value is -3.08. The van der Waals surface area contributed by atoms with E-state index in [0.717, 1.165) is 5.56 Å². The van der Waals surface area contributed by atoms with Crippen molar-refractivity contribution in [2.45, 2.75) is 13.5 Å². The number of rotatable bonds is 3. The maximum Gasteiger partial charge on any atom is 0.340 e. The van der Waals surface area contributed by atoms with Crippen LogP contribution < -0.4 is 0 Å². The van der Waals surface area contributed by atoms with Crippen LogP contribution in [0.15, 0.2) is 54.6 Å². The van der Waals surface area contributed by atoms with Crippen molar-refractivity contribution in [1.82, 2.24) is 9.47 Å². The molecule has 1 aromatic heterocycles. The fourth-order valence-corrected chi connectivity index (χ4v) is 2.87. The van der Waals surface area contributed by atoms with Gasteiger partial charge in [-0.1, -0.05) is 48.5 Å². The molecule has 2 aromatic carbocycles. The molecule has 5 nitrogen and oxygen atoms in total. The highest BCUT2D eigenvalue weighted by molar-refractivity contribution is 6.08. The van der Waals surface area contributed by atoms with Gasteiger partial charge in [-0.15, -0.1) is 0 Å². The molecule has 0 saturated carbocycles. The molecule has 3 aromatic rings. The molecule has 0 atom stereocenters. The molecule has 5 heteroatoms. The number of benzene rings is 2. The van der Waals surface area contributed by atoms with E-state index in [-0.39, 0.29) is 12.6 Å². The predicted octanol–water partition coefficient (Wildman–Crippen LogP) is 3.84. The number of nitrogens with zero attached hydrogens (tertiary/aromatic N) is 2. The topological polar surface area (TPSA) is 51.5 Å². The lowest BCUT2D eigenvalue weighted by molar-refractivity contribution is 0.0474. The van der Waals surface area contributed by atoms with Gasteiger partial charge in [-0.2, -0.15) is 0 Å². The molecule has 0 bridgehead atoms. The van der Waals surface area contributed by atoms with E-state index in [9.17, 15) is 9.59 Å². The molecule has 0 radical (unpaired) electrons. The third-order valence-electron chi connectivity index (χ3n) is 4.10. The zero-order valence-electron chi connectivity index (χ0n) is 14.5. The van der Waals surface area contributed by atoms with Crippen LogP contribution >= 0.6 is 0 Å². The van der Waals surface area contributed by atoms with Crippen LogP contribution in [0.4, 0.5) is 4.79 Å². The molecule has 3 rings (SSSR count). The van der Waals surface area contributed by atoms with Crippen molar-refractivity contribution in [3.05, 3.63) is 71.4 Å². The molecule has 1 amide bonds. The molecule has 0 aliphatic heterocycles. The first-order valence-electron chi connectivity index (χ1n) is 8.03. The second kappa shape index (κ2) is 6.81. The normalized spacial score (nSPS) is 10.7. The van der Waals surface area contributed by atoms with Crippen LogP contribution in [0.3, 0.4) is 0 Å². The smallest absolute Gasteiger partial charge is 0.340 e. The highest BCUT2D eigenvalue weighted by Gasteiger charge is 2.24. The number of esters is 1. The van der Waals surface area contributed by atoms with Gasteiger partial charge in [-0.25, -0.2) is 9.59 Å². The molecule has 25 heavy (non-hydrogen) atoms. The van der Waals surface area contributed by atoms with Crippen LogP contribution in [-0.2, 0) is 11.3 Å². The lowest BCUT2D eigenvalue weighted by Gasteiger charge is -2.13. The van der Waals surface area contributed by atoms with Crippen LogP contribution in [0.25, 0.3) is 10.9 Å². The number of aromatic nitrogens is 1. The first-order chi connectivity index (χ1) is 12.0. The molecule has 0 aliphatic rings. The number of hydrogen-bond acceptors (Lipinski definition) is 3. The molecule has 128 valence electrons. The summed E-state index contributed by atoms with van der Waals surface area (Å²) in [5.41, 5.74) is 2.63. The van der Waals surface area contributed by atoms with Crippen LogP contribution in [0.2, 0.25) is 0 Å². The second-order valence-electron chi connectivity index (χ2n) is 6.05. The Balaban J connectivity index is 2.00. The van der Waals surface area contributed by atoms with E-state index in [1.807, 2.05) is 54.6 Å². The summed E-state index contributed by atoms with van der Waals surface area (Å²) < 4.78 is 7.03. The maximum absolute atomic E-state index is 12.7. The minimum absolute atomic E-state index is 0.195. The van der Waals surface area contributed by atoms with Crippen molar-refractivity contribution < 1.29 is 14.3 Å². The minimum Gasteiger partial charge on any atom is -0.457 e. The van der Waals surface area contributed by atoms with Crippen LogP contribution in [-0.4, -0.2) is 35.6 Å². The summed E-state index contributed by atoms with van der Waals surface area (Å²) >= 11 is 0. The van der Waals surface area contributed by atoms with Crippen molar-refractivity contribution in [2.75, 3.05) is 14.1 Å². The predicted molar refractivity (Wildman–Crippen MR) is 96.7 cm³/mol. The fraction of sp³-hybridized carbons (Fsp3) is 0.200. The number of fused-ring (bicyclic) bond motifs is 1. The average molecular weight is 336 g/mol. The number of amides is 1. The Morgan fingerprint density at radius 2 is 1.64 bits per heavy atom. The van der Waals surface area contributed by atoms with Crippen molar-refractivity contribution in [3.63, 3.8) is 0 Å². The number of hydrogen-bond donors (Lipinski definition) is 0. The lowest BCUT2D eigenvalue weighted by Crippen LogP contribution is -2.28. The van der Waals surface area contributed by atoms with E-state index in [4.69, 9.17) is 4.74 Å².